The van der Waals surface area contributed by atoms with Crippen LogP contribution in [-0.4, -0.2) is 54.4 Å². The molecule has 0 amide bonds. The Kier molecular flexibility index (Phi) is 8.34. The quantitative estimate of drug-likeness (QED) is 0.485. The Hall–Kier alpha value is -1.47. The zero-order valence-electron chi connectivity index (χ0n) is 14.9. The van der Waals surface area contributed by atoms with Gasteiger partial charge in [-0.3, -0.25) is 4.99 Å². The molecule has 1 saturated carbocycles. The minimum Gasteiger partial charge on any atom is -0.491 e. The van der Waals surface area contributed by atoms with E-state index in [0.717, 1.165) is 30.6 Å². The number of rotatable bonds is 8. The topological polar surface area (TPSA) is 65.9 Å². The Morgan fingerprint density at radius 2 is 2.16 bits per heavy atom. The van der Waals surface area contributed by atoms with E-state index in [0.29, 0.717) is 11.8 Å². The maximum Gasteiger partial charge on any atom is 0.191 e. The highest BCUT2D eigenvalue weighted by atomic mass is 32.2. The molecule has 140 valence electrons. The van der Waals surface area contributed by atoms with Gasteiger partial charge in [-0.1, -0.05) is 0 Å². The Morgan fingerprint density at radius 3 is 2.80 bits per heavy atom. The molecule has 1 aromatic rings. The van der Waals surface area contributed by atoms with E-state index in [-0.39, 0.29) is 19.0 Å². The summed E-state index contributed by atoms with van der Waals surface area (Å²) in [6, 6.07) is 6.17. The first-order valence-electron chi connectivity index (χ1n) is 8.74. The number of benzene rings is 1. The number of nitrogens with zero attached hydrogens (tertiary/aromatic N) is 1. The summed E-state index contributed by atoms with van der Waals surface area (Å²) in [5, 5.41) is 17.4. The number of hydrogen-bond acceptors (Lipinski definition) is 4. The molecule has 3 unspecified atom stereocenters. The average Bonchev–Trinajstić information content (AvgIpc) is 3.07. The SMILES string of the molecule is CCNC(=NCC(O)COc1ccc(F)cc1)NC1CCC(SC)C1. The monoisotopic (exact) mass is 369 g/mol. The Bertz CT molecular complexity index is 542. The molecule has 3 atom stereocenters. The molecule has 7 heteroatoms. The van der Waals surface area contributed by atoms with Gasteiger partial charge in [0.05, 0.1) is 6.54 Å². The van der Waals surface area contributed by atoms with E-state index >= 15 is 0 Å². The summed E-state index contributed by atoms with van der Waals surface area (Å²) in [7, 11) is 0. The molecule has 25 heavy (non-hydrogen) atoms. The van der Waals surface area contributed by atoms with Crippen molar-refractivity contribution in [2.75, 3.05) is 26.0 Å². The lowest BCUT2D eigenvalue weighted by Crippen LogP contribution is -2.43. The predicted octanol–water partition coefficient (Wildman–Crippen LogP) is 2.40. The third kappa shape index (κ3) is 7.12. The van der Waals surface area contributed by atoms with Gasteiger partial charge >= 0.3 is 0 Å². The van der Waals surface area contributed by atoms with Gasteiger partial charge in [-0.05, 0) is 56.7 Å². The summed E-state index contributed by atoms with van der Waals surface area (Å²) >= 11 is 1.92. The molecule has 0 spiro atoms. The first kappa shape index (κ1) is 19.8. The van der Waals surface area contributed by atoms with Crippen LogP contribution >= 0.6 is 11.8 Å². The van der Waals surface area contributed by atoms with Crippen molar-refractivity contribution in [1.29, 1.82) is 0 Å². The maximum absolute atomic E-state index is 12.8. The van der Waals surface area contributed by atoms with Gasteiger partial charge in [0.2, 0.25) is 0 Å². The van der Waals surface area contributed by atoms with Gasteiger partial charge in [0, 0.05) is 17.8 Å². The van der Waals surface area contributed by atoms with Crippen molar-refractivity contribution < 1.29 is 14.2 Å². The van der Waals surface area contributed by atoms with Gasteiger partial charge < -0.3 is 20.5 Å². The van der Waals surface area contributed by atoms with E-state index in [4.69, 9.17) is 4.74 Å². The minimum absolute atomic E-state index is 0.118. The summed E-state index contributed by atoms with van der Waals surface area (Å²) in [5.74, 6) is 0.952. The second-order valence-electron chi connectivity index (χ2n) is 6.15. The van der Waals surface area contributed by atoms with Crippen molar-refractivity contribution in [2.24, 2.45) is 4.99 Å². The first-order chi connectivity index (χ1) is 12.1. The number of aliphatic imine (C=N–C) groups is 1. The molecule has 1 aliphatic carbocycles. The number of hydrogen-bond donors (Lipinski definition) is 3. The van der Waals surface area contributed by atoms with E-state index in [9.17, 15) is 9.50 Å². The van der Waals surface area contributed by atoms with Crippen molar-refractivity contribution in [1.82, 2.24) is 10.6 Å². The van der Waals surface area contributed by atoms with Crippen LogP contribution in [0.5, 0.6) is 5.75 Å². The van der Waals surface area contributed by atoms with Gasteiger partial charge in [-0.25, -0.2) is 4.39 Å². The number of guanidine groups is 1. The molecular formula is C18H28FN3O2S. The molecule has 0 bridgehead atoms. The first-order valence-corrected chi connectivity index (χ1v) is 10.0. The molecule has 2 rings (SSSR count). The fraction of sp³-hybridized carbons (Fsp3) is 0.611. The highest BCUT2D eigenvalue weighted by Crippen LogP contribution is 2.28. The molecule has 1 aromatic carbocycles. The normalized spacial score (nSPS) is 21.8. The van der Waals surface area contributed by atoms with Crippen molar-refractivity contribution >= 4 is 17.7 Å². The van der Waals surface area contributed by atoms with Gasteiger partial charge in [0.25, 0.3) is 0 Å². The van der Waals surface area contributed by atoms with Gasteiger partial charge in [-0.15, -0.1) is 0 Å². The highest BCUT2D eigenvalue weighted by Gasteiger charge is 2.24. The van der Waals surface area contributed by atoms with Crippen molar-refractivity contribution in [3.8, 4) is 5.75 Å². The fourth-order valence-corrected chi connectivity index (χ4v) is 3.57. The largest absolute Gasteiger partial charge is 0.491 e. The summed E-state index contributed by atoms with van der Waals surface area (Å²) in [6.07, 6.45) is 4.95. The number of nitrogens with one attached hydrogen (secondary N) is 2. The predicted molar refractivity (Wildman–Crippen MR) is 102 cm³/mol. The standard InChI is InChI=1S/C18H28FN3O2S/c1-3-20-18(22-14-6-9-17(10-14)25-2)21-11-15(23)12-24-16-7-4-13(19)5-8-16/h4-5,7-8,14-15,17,23H,3,6,9-12H2,1-2H3,(H2,20,21,22). The molecule has 0 heterocycles. The van der Waals surface area contributed by atoms with Gasteiger partial charge in [-0.2, -0.15) is 11.8 Å². The van der Waals surface area contributed by atoms with Gasteiger partial charge in [0.1, 0.15) is 24.3 Å². The smallest absolute Gasteiger partial charge is 0.191 e. The Morgan fingerprint density at radius 1 is 1.40 bits per heavy atom. The van der Waals surface area contributed by atoms with Crippen molar-refractivity contribution in [3.63, 3.8) is 0 Å². The number of thioether (sulfide) groups is 1. The Balaban J connectivity index is 1.77. The van der Waals surface area contributed by atoms with Crippen LogP contribution in [0.2, 0.25) is 0 Å². The molecule has 1 fully saturated rings. The lowest BCUT2D eigenvalue weighted by atomic mass is 10.2. The minimum atomic E-state index is -0.719. The number of aliphatic hydroxyl groups excluding tert-OH is 1. The summed E-state index contributed by atoms with van der Waals surface area (Å²) in [5.41, 5.74) is 0. The summed E-state index contributed by atoms with van der Waals surface area (Å²) in [4.78, 5) is 4.45. The van der Waals surface area contributed by atoms with Crippen LogP contribution in [-0.2, 0) is 0 Å². The second-order valence-corrected chi connectivity index (χ2v) is 7.29. The van der Waals surface area contributed by atoms with E-state index < -0.39 is 6.10 Å². The number of halogens is 1. The molecule has 3 N–H and O–H groups in total. The number of aliphatic hydroxyl groups is 1. The van der Waals surface area contributed by atoms with Crippen LogP contribution in [0.1, 0.15) is 26.2 Å². The molecule has 0 saturated heterocycles. The van der Waals surface area contributed by atoms with E-state index in [2.05, 4.69) is 21.9 Å². The number of ether oxygens (including phenoxy) is 1. The van der Waals surface area contributed by atoms with Crippen molar-refractivity contribution in [2.45, 2.75) is 43.6 Å². The lowest BCUT2D eigenvalue weighted by Gasteiger charge is -2.18. The van der Waals surface area contributed by atoms with Crippen molar-refractivity contribution in [3.05, 3.63) is 30.1 Å². The van der Waals surface area contributed by atoms with E-state index in [1.807, 2.05) is 18.7 Å². The average molecular weight is 370 g/mol. The van der Waals surface area contributed by atoms with Crippen LogP contribution in [0.25, 0.3) is 0 Å². The van der Waals surface area contributed by atoms with E-state index in [1.165, 1.54) is 18.6 Å². The van der Waals surface area contributed by atoms with Crippen LogP contribution in [0, 0.1) is 5.82 Å². The molecule has 0 aromatic heterocycles. The third-order valence-corrected chi connectivity index (χ3v) is 5.21. The van der Waals surface area contributed by atoms with E-state index in [1.54, 1.807) is 12.1 Å². The second kappa shape index (κ2) is 10.5. The lowest BCUT2D eigenvalue weighted by molar-refractivity contribution is 0.114. The highest BCUT2D eigenvalue weighted by molar-refractivity contribution is 7.99. The summed E-state index contributed by atoms with van der Waals surface area (Å²) < 4.78 is 18.3. The van der Waals surface area contributed by atoms with Crippen LogP contribution in [0.4, 0.5) is 4.39 Å². The summed E-state index contributed by atoms with van der Waals surface area (Å²) in [6.45, 7) is 3.15. The fourth-order valence-electron chi connectivity index (χ4n) is 2.77. The molecule has 0 aliphatic heterocycles. The van der Waals surface area contributed by atoms with Crippen LogP contribution in [0.3, 0.4) is 0 Å². The molecule has 1 aliphatic rings. The zero-order chi connectivity index (χ0) is 18.1. The third-order valence-electron chi connectivity index (χ3n) is 4.12. The molecule has 5 nitrogen and oxygen atoms in total. The maximum atomic E-state index is 12.8. The Labute approximate surface area is 153 Å². The molecular weight excluding hydrogens is 341 g/mol. The molecule has 0 radical (unpaired) electrons. The van der Waals surface area contributed by atoms with Crippen LogP contribution < -0.4 is 15.4 Å². The van der Waals surface area contributed by atoms with Crippen LogP contribution in [0.15, 0.2) is 29.3 Å². The van der Waals surface area contributed by atoms with Gasteiger partial charge in [0.15, 0.2) is 5.96 Å². The zero-order valence-corrected chi connectivity index (χ0v) is 15.7.